The third-order valence-electron chi connectivity index (χ3n) is 5.17. The Morgan fingerprint density at radius 1 is 1.19 bits per heavy atom. The highest BCUT2D eigenvalue weighted by molar-refractivity contribution is 5.70. The third-order valence-corrected chi connectivity index (χ3v) is 5.17. The van der Waals surface area contributed by atoms with Crippen LogP contribution in [0.25, 0.3) is 16.9 Å². The lowest BCUT2D eigenvalue weighted by molar-refractivity contribution is -0.143. The number of nitrogen functional groups attached to an aromatic ring is 1. The van der Waals surface area contributed by atoms with Crippen molar-refractivity contribution < 1.29 is 14.3 Å². The van der Waals surface area contributed by atoms with Gasteiger partial charge in [0.1, 0.15) is 11.5 Å². The minimum Gasteiger partial charge on any atom is -0.481 e. The number of carbonyl (C=O) groups is 1. The number of aromatic nitrogens is 2. The van der Waals surface area contributed by atoms with Crippen molar-refractivity contribution in [1.29, 1.82) is 0 Å². The van der Waals surface area contributed by atoms with E-state index in [1.165, 1.54) is 12.1 Å². The minimum absolute atomic E-state index is 0.268. The summed E-state index contributed by atoms with van der Waals surface area (Å²) in [7, 11) is 0. The predicted molar refractivity (Wildman–Crippen MR) is 101 cm³/mol. The number of piperidine rings is 1. The van der Waals surface area contributed by atoms with Gasteiger partial charge in [-0.05, 0) is 62.3 Å². The van der Waals surface area contributed by atoms with E-state index >= 15 is 0 Å². The van der Waals surface area contributed by atoms with E-state index < -0.39 is 5.97 Å². The fraction of sp³-hybridized carbons (Fsp3) is 0.300. The molecule has 1 aliphatic rings. The quantitative estimate of drug-likeness (QED) is 0.740. The van der Waals surface area contributed by atoms with Crippen molar-refractivity contribution in [2.45, 2.75) is 19.4 Å². The van der Waals surface area contributed by atoms with Gasteiger partial charge in [0.05, 0.1) is 17.3 Å². The van der Waals surface area contributed by atoms with E-state index in [1.807, 2.05) is 16.7 Å². The summed E-state index contributed by atoms with van der Waals surface area (Å²) < 4.78 is 15.3. The van der Waals surface area contributed by atoms with Crippen molar-refractivity contribution in [2.75, 3.05) is 18.8 Å². The molecule has 27 heavy (non-hydrogen) atoms. The second-order valence-corrected chi connectivity index (χ2v) is 6.99. The smallest absolute Gasteiger partial charge is 0.306 e. The van der Waals surface area contributed by atoms with Gasteiger partial charge in [0, 0.05) is 24.0 Å². The van der Waals surface area contributed by atoms with E-state index in [4.69, 9.17) is 10.7 Å². The number of carboxylic acid groups (broad SMARTS) is 1. The number of aliphatic carboxylic acids is 1. The van der Waals surface area contributed by atoms with E-state index in [0.717, 1.165) is 35.7 Å². The Bertz CT molecular complexity index is 976. The normalized spacial score (nSPS) is 16.0. The molecule has 1 fully saturated rings. The first kappa shape index (κ1) is 17.5. The summed E-state index contributed by atoms with van der Waals surface area (Å²) in [4.78, 5) is 18.1. The largest absolute Gasteiger partial charge is 0.481 e. The number of carboxylic acids is 1. The van der Waals surface area contributed by atoms with Gasteiger partial charge in [-0.25, -0.2) is 9.37 Å². The summed E-state index contributed by atoms with van der Waals surface area (Å²) in [5.41, 5.74) is 9.98. The molecule has 0 saturated carbocycles. The molecular formula is C20H21FN4O2. The molecule has 6 nitrogen and oxygen atoms in total. The Morgan fingerprint density at radius 3 is 2.56 bits per heavy atom. The lowest BCUT2D eigenvalue weighted by Crippen LogP contribution is -2.36. The highest BCUT2D eigenvalue weighted by Crippen LogP contribution is 2.28. The Morgan fingerprint density at radius 2 is 1.89 bits per heavy atom. The molecule has 0 amide bonds. The first-order chi connectivity index (χ1) is 13.0. The van der Waals surface area contributed by atoms with Crippen LogP contribution >= 0.6 is 0 Å². The summed E-state index contributed by atoms with van der Waals surface area (Å²) in [6, 6.07) is 9.97. The molecule has 0 bridgehead atoms. The van der Waals surface area contributed by atoms with Gasteiger partial charge in [-0.2, -0.15) is 0 Å². The highest BCUT2D eigenvalue weighted by atomic mass is 19.1. The maximum Gasteiger partial charge on any atom is 0.306 e. The number of hydrogen-bond acceptors (Lipinski definition) is 4. The van der Waals surface area contributed by atoms with Crippen LogP contribution in [0.3, 0.4) is 0 Å². The van der Waals surface area contributed by atoms with E-state index in [1.54, 1.807) is 18.2 Å². The summed E-state index contributed by atoms with van der Waals surface area (Å²) in [5.74, 6) is -1.27. The lowest BCUT2D eigenvalue weighted by Gasteiger charge is -2.30. The zero-order chi connectivity index (χ0) is 19.0. The molecule has 0 spiro atoms. The van der Waals surface area contributed by atoms with E-state index in [2.05, 4.69) is 4.90 Å². The van der Waals surface area contributed by atoms with Crippen LogP contribution in [0.15, 0.2) is 42.6 Å². The van der Waals surface area contributed by atoms with Crippen LogP contribution in [0.4, 0.5) is 10.1 Å². The van der Waals surface area contributed by atoms with Crippen LogP contribution in [0.1, 0.15) is 18.5 Å². The molecule has 3 aromatic rings. The Kier molecular flexibility index (Phi) is 4.53. The summed E-state index contributed by atoms with van der Waals surface area (Å²) in [5, 5.41) is 9.19. The van der Waals surface area contributed by atoms with E-state index in [0.29, 0.717) is 25.1 Å². The lowest BCUT2D eigenvalue weighted by atomic mass is 9.97. The SMILES string of the molecule is Nc1ccc2nc(-c3ccc(F)cc3)c(CN3CCC(C(=O)O)CC3)n2c1. The van der Waals surface area contributed by atoms with Crippen LogP contribution in [0.5, 0.6) is 0 Å². The van der Waals surface area contributed by atoms with Gasteiger partial charge < -0.3 is 15.2 Å². The van der Waals surface area contributed by atoms with Gasteiger partial charge >= 0.3 is 5.97 Å². The monoisotopic (exact) mass is 368 g/mol. The van der Waals surface area contributed by atoms with Gasteiger partial charge in [0.15, 0.2) is 0 Å². The second-order valence-electron chi connectivity index (χ2n) is 6.99. The average Bonchev–Trinajstić information content (AvgIpc) is 3.00. The molecule has 0 unspecified atom stereocenters. The number of fused-ring (bicyclic) bond motifs is 1. The second kappa shape index (κ2) is 7.00. The molecule has 1 saturated heterocycles. The molecule has 2 aromatic heterocycles. The Labute approximate surface area is 156 Å². The van der Waals surface area contributed by atoms with Gasteiger partial charge in [-0.3, -0.25) is 9.69 Å². The molecule has 7 heteroatoms. The van der Waals surface area contributed by atoms with Crippen LogP contribution in [0, 0.1) is 11.7 Å². The molecule has 4 rings (SSSR count). The number of imidazole rings is 1. The van der Waals surface area contributed by atoms with Gasteiger partial charge in [-0.15, -0.1) is 0 Å². The van der Waals surface area contributed by atoms with Gasteiger partial charge in [0.25, 0.3) is 0 Å². The minimum atomic E-state index is -0.718. The number of likely N-dealkylation sites (tertiary alicyclic amines) is 1. The molecular weight excluding hydrogens is 347 g/mol. The third kappa shape index (κ3) is 3.50. The van der Waals surface area contributed by atoms with Crippen molar-refractivity contribution >= 4 is 17.3 Å². The molecule has 0 radical (unpaired) electrons. The number of anilines is 1. The van der Waals surface area contributed by atoms with E-state index in [9.17, 15) is 14.3 Å². The molecule has 3 N–H and O–H groups in total. The van der Waals surface area contributed by atoms with Crippen LogP contribution in [-0.2, 0) is 11.3 Å². The predicted octanol–water partition coefficient (Wildman–Crippen LogP) is 3.02. The Balaban J connectivity index is 1.69. The molecule has 1 aliphatic heterocycles. The number of nitrogens with zero attached hydrogens (tertiary/aromatic N) is 3. The number of benzene rings is 1. The van der Waals surface area contributed by atoms with Crippen molar-refractivity contribution in [2.24, 2.45) is 5.92 Å². The zero-order valence-electron chi connectivity index (χ0n) is 14.8. The fourth-order valence-corrected chi connectivity index (χ4v) is 3.65. The number of nitrogens with two attached hydrogens (primary N) is 1. The molecule has 140 valence electrons. The number of halogens is 1. The first-order valence-electron chi connectivity index (χ1n) is 8.99. The van der Waals surface area contributed by atoms with Crippen LogP contribution < -0.4 is 5.73 Å². The molecule has 3 heterocycles. The van der Waals surface area contributed by atoms with Gasteiger partial charge in [0.2, 0.25) is 0 Å². The van der Waals surface area contributed by atoms with Crippen molar-refractivity contribution in [3.63, 3.8) is 0 Å². The average molecular weight is 368 g/mol. The van der Waals surface area contributed by atoms with Crippen LogP contribution in [-0.4, -0.2) is 38.4 Å². The van der Waals surface area contributed by atoms with Crippen LogP contribution in [0.2, 0.25) is 0 Å². The van der Waals surface area contributed by atoms with Gasteiger partial charge in [-0.1, -0.05) is 0 Å². The van der Waals surface area contributed by atoms with Crippen molar-refractivity contribution in [3.05, 3.63) is 54.1 Å². The maximum atomic E-state index is 13.3. The van der Waals surface area contributed by atoms with Crippen molar-refractivity contribution in [1.82, 2.24) is 14.3 Å². The maximum absolute atomic E-state index is 13.3. The van der Waals surface area contributed by atoms with Crippen molar-refractivity contribution in [3.8, 4) is 11.3 Å². The first-order valence-corrected chi connectivity index (χ1v) is 8.99. The zero-order valence-corrected chi connectivity index (χ0v) is 14.8. The fourth-order valence-electron chi connectivity index (χ4n) is 3.65. The summed E-state index contributed by atoms with van der Waals surface area (Å²) >= 11 is 0. The Hall–Kier alpha value is -2.93. The molecule has 1 aromatic carbocycles. The number of hydrogen-bond donors (Lipinski definition) is 2. The summed E-state index contributed by atoms with van der Waals surface area (Å²) in [6.45, 7) is 2.06. The van der Waals surface area contributed by atoms with E-state index in [-0.39, 0.29) is 11.7 Å². The topological polar surface area (TPSA) is 83.9 Å². The standard InChI is InChI=1S/C20H21FN4O2/c21-15-3-1-13(2-4-15)19-17(25-11-16(22)5-6-18(25)23-19)12-24-9-7-14(8-10-24)20(26)27/h1-6,11,14H,7-10,12,22H2,(H,26,27). The molecule has 0 atom stereocenters. The highest BCUT2D eigenvalue weighted by Gasteiger charge is 2.26. The molecule has 0 aliphatic carbocycles. The number of pyridine rings is 1. The summed E-state index contributed by atoms with van der Waals surface area (Å²) in [6.07, 6.45) is 3.12. The number of rotatable bonds is 4.